The Hall–Kier alpha value is -2.01. The highest BCUT2D eigenvalue weighted by atomic mass is 32.1. The molecule has 20 heavy (non-hydrogen) atoms. The van der Waals surface area contributed by atoms with Crippen LogP contribution in [0.25, 0.3) is 0 Å². The lowest BCUT2D eigenvalue weighted by Gasteiger charge is -2.16. The van der Waals surface area contributed by atoms with Crippen molar-refractivity contribution < 1.29 is 14.3 Å². The summed E-state index contributed by atoms with van der Waals surface area (Å²) in [6, 6.07) is 9.19. The summed E-state index contributed by atoms with van der Waals surface area (Å²) in [5.41, 5.74) is 0.965. The first-order valence-corrected chi connectivity index (χ1v) is 7.10. The number of methoxy groups -OCH3 is 2. The summed E-state index contributed by atoms with van der Waals surface area (Å²) in [6.45, 7) is 1.94. The van der Waals surface area contributed by atoms with E-state index in [9.17, 15) is 4.79 Å². The first-order chi connectivity index (χ1) is 9.65. The topological polar surface area (TPSA) is 47.6 Å². The largest absolute Gasteiger partial charge is 0.493 e. The third-order valence-corrected chi connectivity index (χ3v) is 3.87. The lowest BCUT2D eigenvalue weighted by molar-refractivity contribution is 0.0944. The summed E-state index contributed by atoms with van der Waals surface area (Å²) in [6.07, 6.45) is 0. The molecule has 1 aromatic carbocycles. The van der Waals surface area contributed by atoms with Crippen molar-refractivity contribution in [2.75, 3.05) is 14.2 Å². The molecular formula is C15H17NO3S. The van der Waals surface area contributed by atoms with Gasteiger partial charge in [-0.25, -0.2) is 0 Å². The van der Waals surface area contributed by atoms with Gasteiger partial charge in [-0.15, -0.1) is 11.3 Å². The van der Waals surface area contributed by atoms with Crippen LogP contribution in [-0.4, -0.2) is 20.1 Å². The smallest absolute Gasteiger partial charge is 0.261 e. The second-order valence-corrected chi connectivity index (χ2v) is 5.23. The van der Waals surface area contributed by atoms with Gasteiger partial charge in [-0.1, -0.05) is 12.1 Å². The molecule has 0 bridgehead atoms. The molecule has 5 heteroatoms. The van der Waals surface area contributed by atoms with Crippen molar-refractivity contribution in [3.8, 4) is 11.5 Å². The van der Waals surface area contributed by atoms with Crippen LogP contribution in [0.3, 0.4) is 0 Å². The fourth-order valence-electron chi connectivity index (χ4n) is 1.88. The summed E-state index contributed by atoms with van der Waals surface area (Å²) >= 11 is 1.43. The highest BCUT2D eigenvalue weighted by Gasteiger charge is 2.14. The molecule has 0 radical (unpaired) electrons. The molecule has 4 nitrogen and oxygen atoms in total. The van der Waals surface area contributed by atoms with Crippen LogP contribution < -0.4 is 14.8 Å². The molecule has 0 unspecified atom stereocenters. The van der Waals surface area contributed by atoms with E-state index in [2.05, 4.69) is 5.32 Å². The molecule has 1 heterocycles. The van der Waals surface area contributed by atoms with Crippen molar-refractivity contribution >= 4 is 17.2 Å². The van der Waals surface area contributed by atoms with Gasteiger partial charge in [0.05, 0.1) is 25.1 Å². The first-order valence-electron chi connectivity index (χ1n) is 6.22. The molecule has 0 aliphatic heterocycles. The van der Waals surface area contributed by atoms with Crippen LogP contribution in [0.4, 0.5) is 0 Å². The number of hydrogen-bond acceptors (Lipinski definition) is 4. The quantitative estimate of drug-likeness (QED) is 0.920. The third kappa shape index (κ3) is 3.11. The maximum Gasteiger partial charge on any atom is 0.261 e. The molecule has 1 atom stereocenters. The zero-order chi connectivity index (χ0) is 14.5. The highest BCUT2D eigenvalue weighted by molar-refractivity contribution is 7.12. The first kappa shape index (κ1) is 14.4. The zero-order valence-electron chi connectivity index (χ0n) is 11.7. The van der Waals surface area contributed by atoms with E-state index in [0.29, 0.717) is 16.4 Å². The number of nitrogens with one attached hydrogen (secondary N) is 1. The average Bonchev–Trinajstić information content (AvgIpc) is 3.00. The van der Waals surface area contributed by atoms with Crippen molar-refractivity contribution in [2.24, 2.45) is 0 Å². The predicted molar refractivity (Wildman–Crippen MR) is 79.7 cm³/mol. The molecule has 0 aliphatic carbocycles. The summed E-state index contributed by atoms with van der Waals surface area (Å²) in [5, 5.41) is 4.85. The Labute approximate surface area is 122 Å². The van der Waals surface area contributed by atoms with Crippen molar-refractivity contribution in [3.05, 3.63) is 46.2 Å². The normalized spacial score (nSPS) is 11.8. The molecule has 1 amide bonds. The number of thiophene rings is 1. The number of rotatable bonds is 5. The minimum Gasteiger partial charge on any atom is -0.493 e. The van der Waals surface area contributed by atoms with Crippen molar-refractivity contribution in [3.63, 3.8) is 0 Å². The summed E-state index contributed by atoms with van der Waals surface area (Å²) < 4.78 is 10.5. The van der Waals surface area contributed by atoms with Crippen molar-refractivity contribution in [2.45, 2.75) is 13.0 Å². The maximum absolute atomic E-state index is 12.0. The van der Waals surface area contributed by atoms with Crippen LogP contribution in [0.1, 0.15) is 28.2 Å². The number of carbonyl (C=O) groups excluding carboxylic acids is 1. The van der Waals surface area contributed by atoms with E-state index in [4.69, 9.17) is 9.47 Å². The van der Waals surface area contributed by atoms with Crippen LogP contribution in [-0.2, 0) is 0 Å². The molecule has 2 rings (SSSR count). The van der Waals surface area contributed by atoms with Gasteiger partial charge < -0.3 is 14.8 Å². The number of carbonyl (C=O) groups is 1. The van der Waals surface area contributed by atoms with Gasteiger partial charge in [-0.05, 0) is 36.1 Å². The number of hydrogen-bond donors (Lipinski definition) is 1. The van der Waals surface area contributed by atoms with Crippen LogP contribution in [0.5, 0.6) is 11.5 Å². The summed E-state index contributed by atoms with van der Waals surface area (Å²) in [4.78, 5) is 12.7. The minimum atomic E-state index is -0.107. The Morgan fingerprint density at radius 1 is 1.20 bits per heavy atom. The van der Waals surface area contributed by atoms with Crippen LogP contribution in [0, 0.1) is 0 Å². The van der Waals surface area contributed by atoms with Gasteiger partial charge in [-0.2, -0.15) is 0 Å². The Morgan fingerprint density at radius 3 is 2.55 bits per heavy atom. The van der Waals surface area contributed by atoms with E-state index in [-0.39, 0.29) is 11.9 Å². The third-order valence-electron chi connectivity index (χ3n) is 3.00. The Balaban J connectivity index is 2.13. The number of amides is 1. The van der Waals surface area contributed by atoms with Crippen molar-refractivity contribution in [1.82, 2.24) is 5.32 Å². The molecule has 106 valence electrons. The molecule has 1 N–H and O–H groups in total. The summed E-state index contributed by atoms with van der Waals surface area (Å²) in [7, 11) is 3.19. The molecule has 0 saturated carbocycles. The van der Waals surface area contributed by atoms with Crippen LogP contribution in [0.2, 0.25) is 0 Å². The fourth-order valence-corrected chi connectivity index (χ4v) is 2.51. The van der Waals surface area contributed by atoms with Gasteiger partial charge in [0, 0.05) is 0 Å². The monoisotopic (exact) mass is 291 g/mol. The highest BCUT2D eigenvalue weighted by Crippen LogP contribution is 2.30. The SMILES string of the molecule is COc1ccc([C@@H](C)NC(=O)c2cccs2)cc1OC. The Morgan fingerprint density at radius 2 is 1.95 bits per heavy atom. The standard InChI is InChI=1S/C15H17NO3S/c1-10(16-15(17)14-5-4-8-20-14)11-6-7-12(18-2)13(9-11)19-3/h4-10H,1-3H3,(H,16,17)/t10-/m1/s1. The van der Waals surface area contributed by atoms with Gasteiger partial charge in [0.2, 0.25) is 0 Å². The van der Waals surface area contributed by atoms with Crippen LogP contribution >= 0.6 is 11.3 Å². The van der Waals surface area contributed by atoms with E-state index in [1.165, 1.54) is 11.3 Å². The molecule has 0 spiro atoms. The van der Waals surface area contributed by atoms with E-state index >= 15 is 0 Å². The fraction of sp³-hybridized carbons (Fsp3) is 0.267. The van der Waals surface area contributed by atoms with Gasteiger partial charge in [0.25, 0.3) is 5.91 Å². The second kappa shape index (κ2) is 6.43. The molecular weight excluding hydrogens is 274 g/mol. The number of benzene rings is 1. The maximum atomic E-state index is 12.0. The molecule has 0 aliphatic rings. The second-order valence-electron chi connectivity index (χ2n) is 4.29. The van der Waals surface area contributed by atoms with E-state index in [1.54, 1.807) is 20.3 Å². The molecule has 0 fully saturated rings. The number of ether oxygens (including phenoxy) is 2. The van der Waals surface area contributed by atoms with E-state index in [1.807, 2.05) is 36.6 Å². The lowest BCUT2D eigenvalue weighted by atomic mass is 10.1. The van der Waals surface area contributed by atoms with Gasteiger partial charge in [-0.3, -0.25) is 4.79 Å². The average molecular weight is 291 g/mol. The van der Waals surface area contributed by atoms with Crippen LogP contribution in [0.15, 0.2) is 35.7 Å². The Bertz CT molecular complexity index is 581. The zero-order valence-corrected chi connectivity index (χ0v) is 12.5. The molecule has 0 saturated heterocycles. The Kier molecular flexibility index (Phi) is 4.63. The van der Waals surface area contributed by atoms with Gasteiger partial charge in [0.15, 0.2) is 11.5 Å². The molecule has 1 aromatic heterocycles. The van der Waals surface area contributed by atoms with E-state index in [0.717, 1.165) is 5.56 Å². The summed E-state index contributed by atoms with van der Waals surface area (Å²) in [5.74, 6) is 1.26. The van der Waals surface area contributed by atoms with Gasteiger partial charge >= 0.3 is 0 Å². The van der Waals surface area contributed by atoms with Gasteiger partial charge in [0.1, 0.15) is 0 Å². The van der Waals surface area contributed by atoms with Crippen molar-refractivity contribution in [1.29, 1.82) is 0 Å². The molecule has 2 aromatic rings. The van der Waals surface area contributed by atoms with E-state index < -0.39 is 0 Å². The lowest BCUT2D eigenvalue weighted by Crippen LogP contribution is -2.25. The minimum absolute atomic E-state index is 0.0673. The predicted octanol–water partition coefficient (Wildman–Crippen LogP) is 3.26.